The van der Waals surface area contributed by atoms with E-state index in [0.29, 0.717) is 12.1 Å². The van der Waals surface area contributed by atoms with Crippen molar-refractivity contribution in [3.8, 4) is 11.1 Å². The summed E-state index contributed by atoms with van der Waals surface area (Å²) in [5.41, 5.74) is 2.67. The predicted molar refractivity (Wildman–Crippen MR) is 118 cm³/mol. The van der Waals surface area contributed by atoms with Gasteiger partial charge in [-0.1, -0.05) is 76.5 Å². The second-order valence-corrected chi connectivity index (χ2v) is 9.48. The Morgan fingerprint density at radius 3 is 2.61 bits per heavy atom. The summed E-state index contributed by atoms with van der Waals surface area (Å²) in [5.74, 6) is 0.607. The summed E-state index contributed by atoms with van der Waals surface area (Å²) < 4.78 is 5.13. The molecule has 0 spiro atoms. The monoisotopic (exact) mass is 415 g/mol. The van der Waals surface area contributed by atoms with Crippen LogP contribution < -0.4 is 5.32 Å². The zero-order valence-electron chi connectivity index (χ0n) is 15.8. The molecule has 0 aliphatic carbocycles. The van der Waals surface area contributed by atoms with E-state index in [-0.39, 0.29) is 18.5 Å². The molecule has 6 heteroatoms. The first kappa shape index (κ1) is 20.8. The first-order valence-corrected chi connectivity index (χ1v) is 12.0. The number of anilines is 1. The number of unbranched alkanes of at least 4 members (excludes halogenated alkanes) is 1. The summed E-state index contributed by atoms with van der Waals surface area (Å²) >= 11 is 0. The Kier molecular flexibility index (Phi) is 8.30. The van der Waals surface area contributed by atoms with Crippen LogP contribution in [0.15, 0.2) is 54.6 Å². The van der Waals surface area contributed by atoms with Crippen molar-refractivity contribution < 1.29 is 14.3 Å². The number of hydrogen-bond donors (Lipinski definition) is 1. The first-order chi connectivity index (χ1) is 13.7. The number of para-hydroxylation sites is 1. The van der Waals surface area contributed by atoms with Crippen LogP contribution in [0.25, 0.3) is 11.1 Å². The van der Waals surface area contributed by atoms with Gasteiger partial charge in [0, 0.05) is 28.7 Å². The molecule has 1 heterocycles. The van der Waals surface area contributed by atoms with Crippen molar-refractivity contribution in [3.63, 3.8) is 0 Å². The average Bonchev–Trinajstić information content (AvgIpc) is 3.24. The minimum absolute atomic E-state index is 0.253. The van der Waals surface area contributed by atoms with Crippen LogP contribution in [0.3, 0.4) is 0 Å². The molecule has 0 aromatic heterocycles. The Morgan fingerprint density at radius 2 is 1.82 bits per heavy atom. The van der Waals surface area contributed by atoms with Crippen molar-refractivity contribution in [2.45, 2.75) is 37.4 Å². The number of amides is 1. The van der Waals surface area contributed by atoms with Gasteiger partial charge in [-0.25, -0.2) is 0 Å². The van der Waals surface area contributed by atoms with Gasteiger partial charge in [-0.2, -0.15) is 0 Å². The van der Waals surface area contributed by atoms with E-state index in [1.807, 2.05) is 76.2 Å². The number of carbonyl (C=O) groups excluding carboxylic acids is 2. The van der Waals surface area contributed by atoms with Crippen molar-refractivity contribution >= 4 is 39.2 Å². The minimum atomic E-state index is -0.323. The van der Waals surface area contributed by atoms with Crippen molar-refractivity contribution in [2.75, 3.05) is 17.7 Å². The Hall–Kier alpha value is -1.92. The molecule has 148 valence electrons. The molecule has 0 bridgehead atoms. The van der Waals surface area contributed by atoms with E-state index in [4.69, 9.17) is 4.74 Å². The Labute approximate surface area is 174 Å². The number of ether oxygens (including phenoxy) is 1. The van der Waals surface area contributed by atoms with Gasteiger partial charge >= 0.3 is 5.97 Å². The Bertz CT molecular complexity index is 776. The molecule has 1 atom stereocenters. The van der Waals surface area contributed by atoms with Crippen LogP contribution in [0.4, 0.5) is 5.69 Å². The third-order valence-electron chi connectivity index (χ3n) is 4.53. The lowest BCUT2D eigenvalue weighted by atomic mass is 10.0. The number of hydrogen-bond acceptors (Lipinski definition) is 5. The number of rotatable bonds is 9. The first-order valence-electron chi connectivity index (χ1n) is 9.60. The number of carbonyl (C=O) groups is 2. The third-order valence-corrected chi connectivity index (χ3v) is 7.54. The van der Waals surface area contributed by atoms with Gasteiger partial charge < -0.3 is 10.1 Å². The lowest BCUT2D eigenvalue weighted by Gasteiger charge is -2.11. The summed E-state index contributed by atoms with van der Waals surface area (Å²) in [6, 6.07) is 17.5. The molecule has 1 saturated heterocycles. The molecule has 1 aliphatic rings. The quantitative estimate of drug-likeness (QED) is 0.331. The molecule has 0 unspecified atom stereocenters. The van der Waals surface area contributed by atoms with Crippen LogP contribution in [0, 0.1) is 0 Å². The van der Waals surface area contributed by atoms with E-state index in [0.717, 1.165) is 35.6 Å². The Balaban J connectivity index is 1.40. The summed E-state index contributed by atoms with van der Waals surface area (Å²) in [6.45, 7) is -0.253. The van der Waals surface area contributed by atoms with Gasteiger partial charge in [0.25, 0.3) is 5.91 Å². The molecule has 0 radical (unpaired) electrons. The number of benzene rings is 2. The van der Waals surface area contributed by atoms with Crippen LogP contribution in [-0.2, 0) is 14.3 Å². The lowest BCUT2D eigenvalue weighted by molar-refractivity contribution is -0.147. The largest absolute Gasteiger partial charge is 0.456 e. The topological polar surface area (TPSA) is 55.4 Å². The van der Waals surface area contributed by atoms with E-state index < -0.39 is 0 Å². The maximum atomic E-state index is 12.2. The second kappa shape index (κ2) is 11.2. The summed E-state index contributed by atoms with van der Waals surface area (Å²) in [4.78, 5) is 24.1. The highest BCUT2D eigenvalue weighted by molar-refractivity contribution is 8.77. The molecular weight excluding hydrogens is 390 g/mol. The van der Waals surface area contributed by atoms with Crippen LogP contribution >= 0.6 is 21.6 Å². The summed E-state index contributed by atoms with van der Waals surface area (Å²) in [5, 5.41) is 3.58. The fourth-order valence-electron chi connectivity index (χ4n) is 3.07. The highest BCUT2D eigenvalue weighted by Gasteiger charge is 2.16. The maximum Gasteiger partial charge on any atom is 0.306 e. The van der Waals surface area contributed by atoms with Gasteiger partial charge in [0.05, 0.1) is 0 Å². The lowest BCUT2D eigenvalue weighted by Crippen LogP contribution is -2.21. The molecule has 1 N–H and O–H groups in total. The Morgan fingerprint density at radius 1 is 1.04 bits per heavy atom. The minimum Gasteiger partial charge on any atom is -0.456 e. The van der Waals surface area contributed by atoms with Crippen LogP contribution in [0.2, 0.25) is 0 Å². The predicted octanol–water partition coefficient (Wildman–Crippen LogP) is 5.55. The van der Waals surface area contributed by atoms with Gasteiger partial charge in [-0.3, -0.25) is 9.59 Å². The second-order valence-electron chi connectivity index (χ2n) is 6.70. The fourth-order valence-corrected chi connectivity index (χ4v) is 6.10. The SMILES string of the molecule is O=C(COC(=O)CCCC[C@@H]1CCSS1)Nc1ccccc1-c1ccccc1. The molecule has 1 amide bonds. The molecule has 2 aromatic carbocycles. The van der Waals surface area contributed by atoms with Crippen molar-refractivity contribution in [1.82, 2.24) is 0 Å². The molecule has 28 heavy (non-hydrogen) atoms. The van der Waals surface area contributed by atoms with E-state index in [1.165, 1.54) is 12.2 Å². The standard InChI is InChI=1S/C22H25NO3S2/c24-21(16-26-22(25)13-7-4-10-18-14-15-27-28-18)23-20-12-6-5-11-19(20)17-8-2-1-3-9-17/h1-3,5-6,8-9,11-12,18H,4,7,10,13-16H2,(H,23,24)/t18-/m1/s1. The van der Waals surface area contributed by atoms with E-state index in [1.54, 1.807) is 0 Å². The van der Waals surface area contributed by atoms with Crippen molar-refractivity contribution in [1.29, 1.82) is 0 Å². The van der Waals surface area contributed by atoms with E-state index >= 15 is 0 Å². The normalized spacial score (nSPS) is 15.9. The highest BCUT2D eigenvalue weighted by Crippen LogP contribution is 2.39. The molecular formula is C22H25NO3S2. The highest BCUT2D eigenvalue weighted by atomic mass is 33.1. The van der Waals surface area contributed by atoms with Crippen molar-refractivity contribution in [2.24, 2.45) is 0 Å². The molecule has 3 rings (SSSR count). The van der Waals surface area contributed by atoms with E-state index in [2.05, 4.69) is 5.32 Å². The molecule has 1 fully saturated rings. The number of nitrogens with one attached hydrogen (secondary N) is 1. The molecule has 2 aromatic rings. The fraction of sp³-hybridized carbons (Fsp3) is 0.364. The summed E-state index contributed by atoms with van der Waals surface area (Å²) in [6.07, 6.45) is 4.65. The van der Waals surface area contributed by atoms with Gasteiger partial charge in [-0.15, -0.1) is 0 Å². The molecule has 0 saturated carbocycles. The van der Waals surface area contributed by atoms with Gasteiger partial charge in [-0.05, 0) is 30.9 Å². The van der Waals surface area contributed by atoms with Gasteiger partial charge in [0.2, 0.25) is 0 Å². The molecule has 4 nitrogen and oxygen atoms in total. The summed E-state index contributed by atoms with van der Waals surface area (Å²) in [7, 11) is 3.90. The van der Waals surface area contributed by atoms with Crippen LogP contribution in [0.5, 0.6) is 0 Å². The third kappa shape index (κ3) is 6.60. The average molecular weight is 416 g/mol. The number of esters is 1. The zero-order valence-corrected chi connectivity index (χ0v) is 17.4. The molecule has 1 aliphatic heterocycles. The van der Waals surface area contributed by atoms with E-state index in [9.17, 15) is 9.59 Å². The van der Waals surface area contributed by atoms with Crippen LogP contribution in [-0.4, -0.2) is 29.5 Å². The maximum absolute atomic E-state index is 12.2. The zero-order chi connectivity index (χ0) is 19.6. The smallest absolute Gasteiger partial charge is 0.306 e. The van der Waals surface area contributed by atoms with Gasteiger partial charge in [0.15, 0.2) is 6.61 Å². The van der Waals surface area contributed by atoms with Gasteiger partial charge in [0.1, 0.15) is 0 Å². The van der Waals surface area contributed by atoms with Crippen molar-refractivity contribution in [3.05, 3.63) is 54.6 Å². The van der Waals surface area contributed by atoms with Crippen LogP contribution in [0.1, 0.15) is 32.1 Å².